The first kappa shape index (κ1) is 11.3. The van der Waals surface area contributed by atoms with E-state index < -0.39 is 0 Å². The van der Waals surface area contributed by atoms with Crippen molar-refractivity contribution in [3.05, 3.63) is 41.7 Å². The number of nitrogen functional groups attached to an aromatic ring is 1. The lowest BCUT2D eigenvalue weighted by Crippen LogP contribution is -1.98. The minimum Gasteiger partial charge on any atom is -0.368 e. The summed E-state index contributed by atoms with van der Waals surface area (Å²) in [5.41, 5.74) is 8.81. The number of benzene rings is 1. The molecule has 0 spiro atoms. The summed E-state index contributed by atoms with van der Waals surface area (Å²) in [7, 11) is 0. The number of carbonyl (C=O) groups excluding carboxylic acids is 1. The maximum absolute atomic E-state index is 11.3. The van der Waals surface area contributed by atoms with Gasteiger partial charge in [-0.1, -0.05) is 18.2 Å². The zero-order chi connectivity index (χ0) is 12.4. The lowest BCUT2D eigenvalue weighted by atomic mass is 10.0. The van der Waals surface area contributed by atoms with Crippen LogP contribution in [0.1, 0.15) is 23.0 Å². The number of aryl methyl sites for hydroxylation is 1. The summed E-state index contributed by atoms with van der Waals surface area (Å²) < 4.78 is 0. The summed E-state index contributed by atoms with van der Waals surface area (Å²) in [5, 5.41) is 0. The summed E-state index contributed by atoms with van der Waals surface area (Å²) in [5.74, 6) is 0.301. The number of aromatic nitrogens is 2. The number of hydrogen-bond donors (Lipinski definition) is 1. The van der Waals surface area contributed by atoms with Crippen LogP contribution in [0, 0.1) is 6.92 Å². The Balaban J connectivity index is 2.53. The molecule has 0 atom stereocenters. The van der Waals surface area contributed by atoms with Gasteiger partial charge in [-0.05, 0) is 25.5 Å². The van der Waals surface area contributed by atoms with E-state index in [0.29, 0.717) is 5.56 Å². The van der Waals surface area contributed by atoms with E-state index in [1.807, 2.05) is 25.1 Å². The van der Waals surface area contributed by atoms with Gasteiger partial charge in [-0.3, -0.25) is 4.79 Å². The molecule has 0 unspecified atom stereocenters. The molecule has 0 saturated heterocycles. The lowest BCUT2D eigenvalue weighted by molar-refractivity contribution is 0.101. The third-order valence-electron chi connectivity index (χ3n) is 2.58. The number of nitrogens with zero attached hydrogens (tertiary/aromatic N) is 2. The third kappa shape index (κ3) is 2.30. The average molecular weight is 227 g/mol. The smallest absolute Gasteiger partial charge is 0.220 e. The molecule has 1 aromatic carbocycles. The van der Waals surface area contributed by atoms with E-state index in [4.69, 9.17) is 5.73 Å². The van der Waals surface area contributed by atoms with Gasteiger partial charge in [0.15, 0.2) is 5.78 Å². The highest BCUT2D eigenvalue weighted by Gasteiger charge is 2.06. The van der Waals surface area contributed by atoms with E-state index in [-0.39, 0.29) is 11.7 Å². The van der Waals surface area contributed by atoms with Crippen molar-refractivity contribution in [3.63, 3.8) is 0 Å². The number of anilines is 1. The molecule has 0 aliphatic carbocycles. The van der Waals surface area contributed by atoms with Crippen LogP contribution in [0.2, 0.25) is 0 Å². The number of Topliss-reactive ketones (excluding diaryl/α,β-unsaturated/α-hetero) is 1. The van der Waals surface area contributed by atoms with Crippen molar-refractivity contribution in [2.45, 2.75) is 13.8 Å². The molecule has 4 nitrogen and oxygen atoms in total. The molecule has 4 heteroatoms. The molecule has 0 aliphatic rings. The van der Waals surface area contributed by atoms with Crippen LogP contribution in [0.4, 0.5) is 5.95 Å². The number of rotatable bonds is 2. The van der Waals surface area contributed by atoms with Gasteiger partial charge in [0.1, 0.15) is 0 Å². The summed E-state index contributed by atoms with van der Waals surface area (Å²) in [6.07, 6.45) is 1.68. The van der Waals surface area contributed by atoms with E-state index in [1.54, 1.807) is 19.2 Å². The normalized spacial score (nSPS) is 10.2. The van der Waals surface area contributed by atoms with Gasteiger partial charge in [-0.25, -0.2) is 9.97 Å². The first-order chi connectivity index (χ1) is 8.08. The van der Waals surface area contributed by atoms with Gasteiger partial charge in [-0.2, -0.15) is 0 Å². The van der Waals surface area contributed by atoms with Crippen LogP contribution in [-0.2, 0) is 0 Å². The minimum absolute atomic E-state index is 0.0425. The zero-order valence-electron chi connectivity index (χ0n) is 9.77. The van der Waals surface area contributed by atoms with Crippen molar-refractivity contribution in [1.29, 1.82) is 0 Å². The molecule has 1 heterocycles. The molecule has 2 N–H and O–H groups in total. The predicted octanol–water partition coefficient (Wildman–Crippen LogP) is 2.24. The van der Waals surface area contributed by atoms with Gasteiger partial charge in [-0.15, -0.1) is 0 Å². The van der Waals surface area contributed by atoms with Gasteiger partial charge in [0.25, 0.3) is 0 Å². The molecule has 17 heavy (non-hydrogen) atoms. The first-order valence-corrected chi connectivity index (χ1v) is 5.28. The second kappa shape index (κ2) is 4.33. The van der Waals surface area contributed by atoms with Gasteiger partial charge in [0.05, 0.1) is 5.69 Å². The number of hydrogen-bond acceptors (Lipinski definition) is 4. The van der Waals surface area contributed by atoms with E-state index in [2.05, 4.69) is 9.97 Å². The van der Waals surface area contributed by atoms with Crippen molar-refractivity contribution in [1.82, 2.24) is 9.97 Å². The van der Waals surface area contributed by atoms with E-state index in [9.17, 15) is 4.79 Å². The largest absolute Gasteiger partial charge is 0.368 e. The van der Waals surface area contributed by atoms with Crippen LogP contribution >= 0.6 is 0 Å². The molecular formula is C13H13N3O. The second-order valence-corrected chi connectivity index (χ2v) is 3.86. The van der Waals surface area contributed by atoms with Crippen molar-refractivity contribution in [2.24, 2.45) is 0 Å². The molecule has 0 radical (unpaired) electrons. The Bertz CT molecular complexity index is 579. The number of carbonyl (C=O) groups is 1. The molecule has 2 aromatic rings. The van der Waals surface area contributed by atoms with E-state index >= 15 is 0 Å². The fourth-order valence-corrected chi connectivity index (χ4v) is 1.67. The number of ketones is 1. The highest BCUT2D eigenvalue weighted by molar-refractivity contribution is 5.95. The predicted molar refractivity (Wildman–Crippen MR) is 66.6 cm³/mol. The second-order valence-electron chi connectivity index (χ2n) is 3.86. The quantitative estimate of drug-likeness (QED) is 0.799. The van der Waals surface area contributed by atoms with Crippen molar-refractivity contribution in [3.8, 4) is 11.1 Å². The van der Waals surface area contributed by atoms with Crippen LogP contribution in [0.3, 0.4) is 0 Å². The standard InChI is InChI=1S/C13H13N3O/c1-8-12(7-15-13(14)16-8)11-5-3-4-10(6-11)9(2)17/h3-7H,1-2H3,(H2,14,15,16). The lowest BCUT2D eigenvalue weighted by Gasteiger charge is -2.06. The van der Waals surface area contributed by atoms with E-state index in [1.165, 1.54) is 0 Å². The molecule has 0 fully saturated rings. The molecule has 0 aliphatic heterocycles. The van der Waals surface area contributed by atoms with Gasteiger partial charge in [0, 0.05) is 17.3 Å². The topological polar surface area (TPSA) is 68.9 Å². The highest BCUT2D eigenvalue weighted by atomic mass is 16.1. The van der Waals surface area contributed by atoms with Crippen LogP contribution in [0.25, 0.3) is 11.1 Å². The van der Waals surface area contributed by atoms with Gasteiger partial charge in [0.2, 0.25) is 5.95 Å². The zero-order valence-corrected chi connectivity index (χ0v) is 9.77. The molecular weight excluding hydrogens is 214 g/mol. The van der Waals surface area contributed by atoms with Crippen molar-refractivity contribution >= 4 is 11.7 Å². The first-order valence-electron chi connectivity index (χ1n) is 5.28. The average Bonchev–Trinajstić information content (AvgIpc) is 2.29. The fraction of sp³-hybridized carbons (Fsp3) is 0.154. The summed E-state index contributed by atoms with van der Waals surface area (Å²) in [6.45, 7) is 3.42. The van der Waals surface area contributed by atoms with Crippen molar-refractivity contribution in [2.75, 3.05) is 5.73 Å². The fourth-order valence-electron chi connectivity index (χ4n) is 1.67. The minimum atomic E-state index is 0.0425. The Morgan fingerprint density at radius 2 is 2.12 bits per heavy atom. The number of nitrogens with two attached hydrogens (primary N) is 1. The van der Waals surface area contributed by atoms with Crippen LogP contribution in [-0.4, -0.2) is 15.8 Å². The van der Waals surface area contributed by atoms with Crippen LogP contribution in [0.5, 0.6) is 0 Å². The molecule has 2 rings (SSSR count). The van der Waals surface area contributed by atoms with Crippen LogP contribution in [0.15, 0.2) is 30.5 Å². The molecule has 0 saturated carbocycles. The Labute approximate surface area is 99.5 Å². The summed E-state index contributed by atoms with van der Waals surface area (Å²) in [4.78, 5) is 19.4. The van der Waals surface area contributed by atoms with Gasteiger partial charge >= 0.3 is 0 Å². The molecule has 1 aromatic heterocycles. The van der Waals surface area contributed by atoms with E-state index in [0.717, 1.165) is 16.8 Å². The SMILES string of the molecule is CC(=O)c1cccc(-c2cnc(N)nc2C)c1. The monoisotopic (exact) mass is 227 g/mol. The van der Waals surface area contributed by atoms with Crippen LogP contribution < -0.4 is 5.73 Å². The third-order valence-corrected chi connectivity index (χ3v) is 2.58. The summed E-state index contributed by atoms with van der Waals surface area (Å²) in [6, 6.07) is 7.40. The molecule has 0 amide bonds. The molecule has 86 valence electrons. The molecule has 0 bridgehead atoms. The highest BCUT2D eigenvalue weighted by Crippen LogP contribution is 2.22. The Morgan fingerprint density at radius 3 is 2.76 bits per heavy atom. The Kier molecular flexibility index (Phi) is 2.87. The maximum atomic E-state index is 11.3. The Hall–Kier alpha value is -2.23. The van der Waals surface area contributed by atoms with Crippen molar-refractivity contribution < 1.29 is 4.79 Å². The Morgan fingerprint density at radius 1 is 1.35 bits per heavy atom. The van der Waals surface area contributed by atoms with Gasteiger partial charge < -0.3 is 5.73 Å². The summed E-state index contributed by atoms with van der Waals surface area (Å²) >= 11 is 0. The maximum Gasteiger partial charge on any atom is 0.220 e.